The molecule has 22 heavy (non-hydrogen) atoms. The predicted octanol–water partition coefficient (Wildman–Crippen LogP) is 1.78. The normalized spacial score (nSPS) is 12.1. The summed E-state index contributed by atoms with van der Waals surface area (Å²) in [5, 5.41) is 21.0. The van der Waals surface area contributed by atoms with E-state index in [1.165, 1.54) is 6.07 Å². The molecule has 1 unspecified atom stereocenters. The Bertz CT molecular complexity index is 628. The summed E-state index contributed by atoms with van der Waals surface area (Å²) < 4.78 is 5.16. The van der Waals surface area contributed by atoms with Crippen LogP contribution in [0.4, 0.5) is 11.4 Å². The van der Waals surface area contributed by atoms with Gasteiger partial charge in [-0.25, -0.2) is 0 Å². The average Bonchev–Trinajstić information content (AvgIpc) is 2.95. The van der Waals surface area contributed by atoms with Crippen molar-refractivity contribution in [2.45, 2.75) is 25.8 Å². The second kappa shape index (κ2) is 7.51. The maximum absolute atomic E-state index is 10.9. The Balaban J connectivity index is 1.88. The number of nitro benzene ring substituents is 1. The molecule has 1 aromatic heterocycles. The molecule has 0 aliphatic rings. The molecule has 8 heteroatoms. The van der Waals surface area contributed by atoms with E-state index in [0.29, 0.717) is 36.8 Å². The lowest BCUT2D eigenvalue weighted by atomic mass is 10.2. The first-order chi connectivity index (χ1) is 10.6. The van der Waals surface area contributed by atoms with E-state index in [1.807, 2.05) is 14.0 Å². The van der Waals surface area contributed by atoms with Crippen molar-refractivity contribution in [3.05, 3.63) is 46.1 Å². The highest BCUT2D eigenvalue weighted by Gasteiger charge is 2.13. The molecule has 2 rings (SSSR count). The van der Waals surface area contributed by atoms with Crippen molar-refractivity contribution in [2.75, 3.05) is 18.9 Å². The fraction of sp³-hybridized carbons (Fsp3) is 0.429. The number of nitrogens with zero attached hydrogens (tertiary/aromatic N) is 3. The molecule has 0 aliphatic heterocycles. The zero-order valence-electron chi connectivity index (χ0n) is 12.6. The topological polar surface area (TPSA) is 106 Å². The van der Waals surface area contributed by atoms with E-state index in [9.17, 15) is 10.1 Å². The van der Waals surface area contributed by atoms with Gasteiger partial charge >= 0.3 is 0 Å². The first kappa shape index (κ1) is 15.9. The highest BCUT2D eigenvalue weighted by atomic mass is 16.6. The van der Waals surface area contributed by atoms with Crippen molar-refractivity contribution in [2.24, 2.45) is 0 Å². The minimum atomic E-state index is -0.410. The lowest BCUT2D eigenvalue weighted by Gasteiger charge is -2.05. The lowest BCUT2D eigenvalue weighted by Crippen LogP contribution is -2.24. The summed E-state index contributed by atoms with van der Waals surface area (Å²) in [7, 11) is 1.88. The fourth-order valence-corrected chi connectivity index (χ4v) is 1.94. The largest absolute Gasteiger partial charge is 0.379 e. The maximum Gasteiger partial charge on any atom is 0.292 e. The Hall–Kier alpha value is -2.48. The van der Waals surface area contributed by atoms with E-state index in [4.69, 9.17) is 4.52 Å². The van der Waals surface area contributed by atoms with Gasteiger partial charge in [0.15, 0.2) is 5.82 Å². The summed E-state index contributed by atoms with van der Waals surface area (Å²) >= 11 is 0. The summed E-state index contributed by atoms with van der Waals surface area (Å²) in [4.78, 5) is 14.8. The molecule has 1 heterocycles. The Labute approximate surface area is 128 Å². The second-order valence-electron chi connectivity index (χ2n) is 4.95. The highest BCUT2D eigenvalue weighted by molar-refractivity contribution is 5.61. The standard InChI is InChI=1S/C14H19N5O3/c1-10(15-2)9-13-17-14(22-18-13)7-8-16-11-5-3-4-6-12(11)19(20)21/h3-6,10,15-16H,7-9H2,1-2H3. The van der Waals surface area contributed by atoms with E-state index < -0.39 is 4.92 Å². The molecule has 0 radical (unpaired) electrons. The summed E-state index contributed by atoms with van der Waals surface area (Å²) in [6.45, 7) is 2.51. The number of anilines is 1. The van der Waals surface area contributed by atoms with E-state index in [-0.39, 0.29) is 11.7 Å². The number of hydrogen-bond acceptors (Lipinski definition) is 7. The molecule has 1 aromatic carbocycles. The molecule has 118 valence electrons. The molecule has 2 N–H and O–H groups in total. The van der Waals surface area contributed by atoms with Crippen LogP contribution in [0.5, 0.6) is 0 Å². The first-order valence-corrected chi connectivity index (χ1v) is 7.06. The molecule has 0 saturated carbocycles. The molecule has 8 nitrogen and oxygen atoms in total. The Kier molecular flexibility index (Phi) is 5.42. The van der Waals surface area contributed by atoms with Crippen LogP contribution < -0.4 is 10.6 Å². The second-order valence-corrected chi connectivity index (χ2v) is 4.95. The zero-order valence-corrected chi connectivity index (χ0v) is 12.6. The van der Waals surface area contributed by atoms with Gasteiger partial charge < -0.3 is 15.2 Å². The van der Waals surface area contributed by atoms with Gasteiger partial charge in [0.25, 0.3) is 5.69 Å². The average molecular weight is 305 g/mol. The SMILES string of the molecule is CNC(C)Cc1noc(CCNc2ccccc2[N+](=O)[O-])n1. The van der Waals surface area contributed by atoms with Crippen LogP contribution in [0.25, 0.3) is 0 Å². The lowest BCUT2D eigenvalue weighted by molar-refractivity contribution is -0.384. The van der Waals surface area contributed by atoms with Gasteiger partial charge in [0.05, 0.1) is 4.92 Å². The minimum absolute atomic E-state index is 0.0524. The van der Waals surface area contributed by atoms with Gasteiger partial charge in [-0.3, -0.25) is 10.1 Å². The van der Waals surface area contributed by atoms with Gasteiger partial charge in [0.2, 0.25) is 5.89 Å². The van der Waals surface area contributed by atoms with Crippen molar-refractivity contribution >= 4 is 11.4 Å². The van der Waals surface area contributed by atoms with Crippen molar-refractivity contribution in [1.82, 2.24) is 15.5 Å². The van der Waals surface area contributed by atoms with Gasteiger partial charge in [-0.05, 0) is 20.0 Å². The number of hydrogen-bond donors (Lipinski definition) is 2. The summed E-state index contributed by atoms with van der Waals surface area (Å²) in [5.74, 6) is 1.17. The number of likely N-dealkylation sites (N-methyl/N-ethyl adjacent to an activating group) is 1. The van der Waals surface area contributed by atoms with E-state index in [1.54, 1.807) is 18.2 Å². The number of para-hydroxylation sites is 2. The third kappa shape index (κ3) is 4.26. The van der Waals surface area contributed by atoms with Gasteiger partial charge in [-0.15, -0.1) is 0 Å². The van der Waals surface area contributed by atoms with Crippen molar-refractivity contribution in [1.29, 1.82) is 0 Å². The number of benzene rings is 1. The van der Waals surface area contributed by atoms with Gasteiger partial charge in [-0.1, -0.05) is 17.3 Å². The van der Waals surface area contributed by atoms with Crippen LogP contribution in [0.15, 0.2) is 28.8 Å². The monoisotopic (exact) mass is 305 g/mol. The molecular formula is C14H19N5O3. The molecule has 0 saturated heterocycles. The van der Waals surface area contributed by atoms with Crippen molar-refractivity contribution < 1.29 is 9.45 Å². The number of rotatable bonds is 8. The third-order valence-electron chi connectivity index (χ3n) is 3.25. The van der Waals surface area contributed by atoms with Gasteiger partial charge in [-0.2, -0.15) is 4.98 Å². The van der Waals surface area contributed by atoms with E-state index >= 15 is 0 Å². The molecular weight excluding hydrogens is 286 g/mol. The number of nitrogens with one attached hydrogen (secondary N) is 2. The molecule has 0 spiro atoms. The van der Waals surface area contributed by atoms with E-state index in [2.05, 4.69) is 20.8 Å². The summed E-state index contributed by atoms with van der Waals surface area (Å²) in [6.07, 6.45) is 1.20. The smallest absolute Gasteiger partial charge is 0.292 e. The van der Waals surface area contributed by atoms with Crippen LogP contribution >= 0.6 is 0 Å². The summed E-state index contributed by atoms with van der Waals surface area (Å²) in [6, 6.07) is 6.80. The molecule has 0 bridgehead atoms. The minimum Gasteiger partial charge on any atom is -0.379 e. The van der Waals surface area contributed by atoms with Crippen LogP contribution in [-0.2, 0) is 12.8 Å². The van der Waals surface area contributed by atoms with Crippen molar-refractivity contribution in [3.63, 3.8) is 0 Å². The molecule has 2 aromatic rings. The number of aromatic nitrogens is 2. The number of nitro groups is 1. The van der Waals surface area contributed by atoms with Crippen LogP contribution in [0.3, 0.4) is 0 Å². The Morgan fingerprint density at radius 3 is 2.91 bits per heavy atom. The third-order valence-corrected chi connectivity index (χ3v) is 3.25. The van der Waals surface area contributed by atoms with Gasteiger partial charge in [0.1, 0.15) is 5.69 Å². The van der Waals surface area contributed by atoms with Crippen LogP contribution in [0.2, 0.25) is 0 Å². The van der Waals surface area contributed by atoms with Gasteiger partial charge in [0, 0.05) is 31.5 Å². The Morgan fingerprint density at radius 1 is 1.41 bits per heavy atom. The molecule has 0 aliphatic carbocycles. The summed E-state index contributed by atoms with van der Waals surface area (Å²) in [5.41, 5.74) is 0.535. The maximum atomic E-state index is 10.9. The zero-order chi connectivity index (χ0) is 15.9. The predicted molar refractivity (Wildman–Crippen MR) is 81.8 cm³/mol. The van der Waals surface area contributed by atoms with E-state index in [0.717, 1.165) is 0 Å². The first-order valence-electron chi connectivity index (χ1n) is 7.06. The van der Waals surface area contributed by atoms with Crippen LogP contribution in [0.1, 0.15) is 18.6 Å². The molecule has 1 atom stereocenters. The molecule has 0 fully saturated rings. The quantitative estimate of drug-likeness (QED) is 0.565. The van der Waals surface area contributed by atoms with Crippen LogP contribution in [-0.4, -0.2) is 34.7 Å². The fourth-order valence-electron chi connectivity index (χ4n) is 1.94. The molecule has 0 amide bonds. The Morgan fingerprint density at radius 2 is 2.18 bits per heavy atom. The van der Waals surface area contributed by atoms with Crippen molar-refractivity contribution in [3.8, 4) is 0 Å². The van der Waals surface area contributed by atoms with Crippen LogP contribution in [0, 0.1) is 10.1 Å². The highest BCUT2D eigenvalue weighted by Crippen LogP contribution is 2.22.